The van der Waals surface area contributed by atoms with Crippen LogP contribution in [0, 0.1) is 5.92 Å². The van der Waals surface area contributed by atoms with E-state index in [1.54, 1.807) is 55.8 Å². The first kappa shape index (κ1) is 46.1. The van der Waals surface area contributed by atoms with Gasteiger partial charge in [-0.2, -0.15) is 0 Å². The van der Waals surface area contributed by atoms with Crippen molar-refractivity contribution >= 4 is 17.7 Å². The lowest BCUT2D eigenvalue weighted by Gasteiger charge is -2.40. The summed E-state index contributed by atoms with van der Waals surface area (Å²) < 4.78 is 2.68. The van der Waals surface area contributed by atoms with E-state index in [-0.39, 0.29) is 5.41 Å². The van der Waals surface area contributed by atoms with Crippen LogP contribution >= 0.6 is 0 Å². The Morgan fingerprint density at radius 3 is 2.19 bits per heavy atom. The molecule has 1 aromatic heterocycles. The minimum Gasteiger partial charge on any atom is -0.364 e. The van der Waals surface area contributed by atoms with E-state index >= 15 is 0 Å². The minimum absolute atomic E-state index is 0.127. The van der Waals surface area contributed by atoms with E-state index in [1.165, 1.54) is 171 Å². The Kier molecular flexibility index (Phi) is 14.0. The van der Waals surface area contributed by atoms with Crippen LogP contribution in [0.25, 0.3) is 17.7 Å². The molecule has 1 aromatic carbocycles. The van der Waals surface area contributed by atoms with Gasteiger partial charge in [-0.15, -0.1) is 0 Å². The Labute approximate surface area is 412 Å². The molecule has 8 aliphatic carbocycles. The summed E-state index contributed by atoms with van der Waals surface area (Å²) in [5, 5.41) is 0. The third-order valence-electron chi connectivity index (χ3n) is 18.7. The fourth-order valence-corrected chi connectivity index (χ4v) is 15.1. The van der Waals surface area contributed by atoms with E-state index in [9.17, 15) is 0 Å². The van der Waals surface area contributed by atoms with Crippen molar-refractivity contribution in [1.82, 2.24) is 9.47 Å². The maximum absolute atomic E-state index is 2.95. The van der Waals surface area contributed by atoms with E-state index in [0.717, 1.165) is 25.2 Å². The highest BCUT2D eigenvalue weighted by atomic mass is 15.2. The summed E-state index contributed by atoms with van der Waals surface area (Å²) in [6.07, 6.45) is 67.2. The number of aromatic nitrogens is 1. The van der Waals surface area contributed by atoms with Crippen LogP contribution in [0.15, 0.2) is 119 Å². The molecule has 358 valence electrons. The summed E-state index contributed by atoms with van der Waals surface area (Å²) in [7, 11) is 0. The molecule has 2 aromatic rings. The molecule has 0 spiro atoms. The molecule has 68 heavy (non-hydrogen) atoms. The van der Waals surface area contributed by atoms with Crippen molar-refractivity contribution in [2.45, 2.75) is 224 Å². The molecule has 5 atom stereocenters. The van der Waals surface area contributed by atoms with Gasteiger partial charge in [-0.1, -0.05) is 168 Å². The lowest BCUT2D eigenvalue weighted by molar-refractivity contribution is 0.182. The molecule has 2 heteroatoms. The second kappa shape index (κ2) is 20.6. The first-order valence-corrected chi connectivity index (χ1v) is 28.6. The SMILES string of the molecule is CCCCCCC1(CCCCCC)C2=C(CCC(/C=C/C3=CCC(N4C5=C(CCCC5)C5CCC=CC54)CC3)=C2)c2ccc(C(C)CC3=CCC(n4c5c(c6c4C=CCC6)CCC=C5)C=C3)cc21. The predicted molar refractivity (Wildman–Crippen MR) is 291 cm³/mol. The van der Waals surface area contributed by atoms with Crippen LogP contribution < -0.4 is 0 Å². The van der Waals surface area contributed by atoms with Gasteiger partial charge in [0.2, 0.25) is 0 Å². The van der Waals surface area contributed by atoms with Crippen molar-refractivity contribution in [1.29, 1.82) is 0 Å². The Morgan fingerprint density at radius 2 is 1.47 bits per heavy atom. The summed E-state index contributed by atoms with van der Waals surface area (Å²) >= 11 is 0. The van der Waals surface area contributed by atoms with Gasteiger partial charge in [0.05, 0.1) is 12.1 Å². The van der Waals surface area contributed by atoms with E-state index in [1.807, 2.05) is 5.57 Å². The van der Waals surface area contributed by atoms with E-state index in [4.69, 9.17) is 0 Å². The summed E-state index contributed by atoms with van der Waals surface area (Å²) in [6.45, 7) is 7.25. The van der Waals surface area contributed by atoms with Gasteiger partial charge in [0.1, 0.15) is 0 Å². The lowest BCUT2D eigenvalue weighted by atomic mass is 9.68. The zero-order valence-corrected chi connectivity index (χ0v) is 42.6. The van der Waals surface area contributed by atoms with Crippen LogP contribution in [0.2, 0.25) is 0 Å². The summed E-state index contributed by atoms with van der Waals surface area (Å²) in [6, 6.07) is 9.58. The van der Waals surface area contributed by atoms with Gasteiger partial charge in [-0.3, -0.25) is 0 Å². The fourth-order valence-electron chi connectivity index (χ4n) is 15.1. The van der Waals surface area contributed by atoms with Crippen molar-refractivity contribution < 1.29 is 0 Å². The number of fused-ring (bicyclic) bond motifs is 7. The van der Waals surface area contributed by atoms with Crippen molar-refractivity contribution in [3.05, 3.63) is 158 Å². The van der Waals surface area contributed by atoms with Crippen molar-refractivity contribution in [3.8, 4) is 0 Å². The van der Waals surface area contributed by atoms with Gasteiger partial charge >= 0.3 is 0 Å². The van der Waals surface area contributed by atoms with Gasteiger partial charge in [-0.05, 0) is 190 Å². The van der Waals surface area contributed by atoms with Gasteiger partial charge < -0.3 is 9.47 Å². The molecule has 0 saturated heterocycles. The molecule has 0 N–H and O–H groups in total. The Morgan fingerprint density at radius 1 is 0.706 bits per heavy atom. The molecule has 0 bridgehead atoms. The molecule has 1 aliphatic heterocycles. The number of hydrogen-bond donors (Lipinski definition) is 0. The van der Waals surface area contributed by atoms with Crippen LogP contribution in [0.5, 0.6) is 0 Å². The topological polar surface area (TPSA) is 8.17 Å². The van der Waals surface area contributed by atoms with Crippen molar-refractivity contribution in [2.75, 3.05) is 0 Å². The highest BCUT2D eigenvalue weighted by molar-refractivity contribution is 5.84. The first-order chi connectivity index (χ1) is 33.5. The van der Waals surface area contributed by atoms with Gasteiger partial charge in [-0.25, -0.2) is 0 Å². The largest absolute Gasteiger partial charge is 0.364 e. The highest BCUT2D eigenvalue weighted by Gasteiger charge is 2.45. The van der Waals surface area contributed by atoms with Gasteiger partial charge in [0.25, 0.3) is 0 Å². The second-order valence-electron chi connectivity index (χ2n) is 22.9. The van der Waals surface area contributed by atoms with Crippen LogP contribution in [-0.2, 0) is 18.3 Å². The predicted octanol–water partition coefficient (Wildman–Crippen LogP) is 18.2. The maximum Gasteiger partial charge on any atom is 0.0560 e. The van der Waals surface area contributed by atoms with Crippen LogP contribution in [0.3, 0.4) is 0 Å². The molecule has 0 amide bonds. The van der Waals surface area contributed by atoms with Crippen LogP contribution in [0.1, 0.15) is 232 Å². The fraction of sp³-hybridized carbons (Fsp3) is 0.545. The molecule has 0 radical (unpaired) electrons. The van der Waals surface area contributed by atoms with E-state index in [0.29, 0.717) is 24.0 Å². The van der Waals surface area contributed by atoms with Crippen molar-refractivity contribution in [2.24, 2.45) is 5.92 Å². The zero-order chi connectivity index (χ0) is 46.0. The molecule has 5 unspecified atom stereocenters. The smallest absolute Gasteiger partial charge is 0.0560 e. The number of allylic oxidation sites excluding steroid dienone is 15. The number of unbranched alkanes of at least 4 members (excludes halogenated alkanes) is 6. The first-order valence-electron chi connectivity index (χ1n) is 28.6. The molecule has 11 rings (SSSR count). The number of rotatable bonds is 17. The zero-order valence-electron chi connectivity index (χ0n) is 42.6. The third-order valence-corrected chi connectivity index (χ3v) is 18.7. The second-order valence-corrected chi connectivity index (χ2v) is 22.9. The summed E-state index contributed by atoms with van der Waals surface area (Å²) in [4.78, 5) is 2.95. The molecular weight excluding hydrogens is 821 g/mol. The molecule has 2 nitrogen and oxygen atoms in total. The average Bonchev–Trinajstić information content (AvgIpc) is 4.00. The number of benzene rings is 1. The summed E-state index contributed by atoms with van der Waals surface area (Å²) in [5.41, 5.74) is 22.8. The maximum atomic E-state index is 2.95. The van der Waals surface area contributed by atoms with Crippen molar-refractivity contribution in [3.63, 3.8) is 0 Å². The Hall–Kier alpha value is -4.30. The molecule has 2 heterocycles. The normalized spacial score (nSPS) is 26.0. The lowest BCUT2D eigenvalue weighted by Crippen LogP contribution is -2.42. The van der Waals surface area contributed by atoms with E-state index in [2.05, 4.69) is 127 Å². The Balaban J connectivity index is 0.828. The molecule has 0 saturated carbocycles. The molecule has 0 fully saturated rings. The van der Waals surface area contributed by atoms with E-state index < -0.39 is 0 Å². The number of hydrogen-bond acceptors (Lipinski definition) is 1. The monoisotopic (exact) mass is 905 g/mol. The average molecular weight is 905 g/mol. The Bertz CT molecular complexity index is 2470. The molecular formula is C66H84N2. The standard InChI is InChI=1S/C66H84N2/c1-4-6-8-18-42-66(43-19-9-7-5-2)60-45-50(29-28-48-30-36-52(37-31-48)67-62-24-14-10-20-56(62)57-21-11-15-25-63(57)67)34-40-54(60)55-41-35-51(46-61(55)66)47(3)44-49-32-38-53(39-33-49)68-64-26-16-12-22-58(64)59-23-13-17-27-65(59)68/h14,16-17,24,26-30,32-33,35,38,41,45-47,52-53,56,62H,4-13,15,18-23,25,31,34,36-37,39-40,42-44H2,1-3H3/b29-28+. The van der Waals surface area contributed by atoms with Crippen LogP contribution in [-0.4, -0.2) is 21.6 Å². The summed E-state index contributed by atoms with van der Waals surface area (Å²) in [5.74, 6) is 1.28. The van der Waals surface area contributed by atoms with Gasteiger partial charge in [0, 0.05) is 34.5 Å². The minimum atomic E-state index is 0.127. The van der Waals surface area contributed by atoms with Gasteiger partial charge in [0.15, 0.2) is 0 Å². The third kappa shape index (κ3) is 8.80. The highest BCUT2D eigenvalue weighted by Crippen LogP contribution is 2.57. The molecule has 9 aliphatic rings. The van der Waals surface area contributed by atoms with Crippen LogP contribution in [0.4, 0.5) is 0 Å². The quantitative estimate of drug-likeness (QED) is 0.113. The number of nitrogens with zero attached hydrogens (tertiary/aromatic N) is 2.